The zero-order chi connectivity index (χ0) is 13.1. The number of hydrogen-bond acceptors (Lipinski definition) is 2. The molecule has 18 heavy (non-hydrogen) atoms. The Hall–Kier alpha value is -0.440. The molecule has 0 radical (unpaired) electrons. The lowest BCUT2D eigenvalue weighted by Crippen LogP contribution is -2.33. The summed E-state index contributed by atoms with van der Waals surface area (Å²) in [5.41, 5.74) is 0. The lowest BCUT2D eigenvalue weighted by Gasteiger charge is -2.28. The average molecular weight is 288 g/mol. The summed E-state index contributed by atoms with van der Waals surface area (Å²) in [6.45, 7) is 6.47. The van der Waals surface area contributed by atoms with E-state index in [9.17, 15) is 0 Å². The van der Waals surface area contributed by atoms with E-state index in [0.717, 1.165) is 25.3 Å². The van der Waals surface area contributed by atoms with Crippen LogP contribution in [0.1, 0.15) is 20.3 Å². The summed E-state index contributed by atoms with van der Waals surface area (Å²) in [6, 6.07) is 5.39. The Balaban J connectivity index is 2.12. The molecule has 1 fully saturated rings. The molecule has 1 aliphatic rings. The second-order valence-electron chi connectivity index (χ2n) is 5.15. The third-order valence-electron chi connectivity index (χ3n) is 3.38. The molecule has 2 rings (SSSR count). The fourth-order valence-electron chi connectivity index (χ4n) is 2.45. The summed E-state index contributed by atoms with van der Waals surface area (Å²) in [5.74, 6) is 1.74. The van der Waals surface area contributed by atoms with Crippen LogP contribution in [0.2, 0.25) is 10.0 Å². The normalized spacial score (nSPS) is 21.3. The van der Waals surface area contributed by atoms with Gasteiger partial charge in [0.2, 0.25) is 0 Å². The quantitative estimate of drug-likeness (QED) is 0.904. The second kappa shape index (κ2) is 6.14. The van der Waals surface area contributed by atoms with Gasteiger partial charge in [-0.25, -0.2) is 0 Å². The number of ether oxygens (including phenoxy) is 1. The molecule has 1 aromatic rings. The third kappa shape index (κ3) is 3.31. The molecule has 0 amide bonds. The minimum Gasteiger partial charge on any atom is -0.488 e. The highest BCUT2D eigenvalue weighted by atomic mass is 35.5. The van der Waals surface area contributed by atoms with Crippen LogP contribution in [0.3, 0.4) is 0 Å². The number of nitrogens with one attached hydrogen (secondary N) is 1. The summed E-state index contributed by atoms with van der Waals surface area (Å²) in [6.07, 6.45) is 1.35. The second-order valence-corrected chi connectivity index (χ2v) is 6.00. The minimum absolute atomic E-state index is 0.193. The zero-order valence-electron chi connectivity index (χ0n) is 10.7. The van der Waals surface area contributed by atoms with Gasteiger partial charge in [-0.1, -0.05) is 37.0 Å². The largest absolute Gasteiger partial charge is 0.488 e. The van der Waals surface area contributed by atoms with E-state index in [4.69, 9.17) is 27.9 Å². The fourth-order valence-corrected chi connectivity index (χ4v) is 2.90. The molecule has 4 heteroatoms. The van der Waals surface area contributed by atoms with Gasteiger partial charge in [0, 0.05) is 17.5 Å². The molecule has 2 atom stereocenters. The molecule has 1 saturated heterocycles. The molecule has 100 valence electrons. The van der Waals surface area contributed by atoms with Gasteiger partial charge in [-0.2, -0.15) is 0 Å². The van der Waals surface area contributed by atoms with Gasteiger partial charge in [0.25, 0.3) is 0 Å². The fraction of sp³-hybridized carbons (Fsp3) is 0.571. The van der Waals surface area contributed by atoms with Crippen LogP contribution < -0.4 is 10.1 Å². The molecular formula is C14H19Cl2NO. The van der Waals surface area contributed by atoms with Crippen molar-refractivity contribution < 1.29 is 4.74 Å². The highest BCUT2D eigenvalue weighted by Crippen LogP contribution is 2.32. The summed E-state index contributed by atoms with van der Waals surface area (Å²) < 4.78 is 6.12. The predicted molar refractivity (Wildman–Crippen MR) is 76.7 cm³/mol. The van der Waals surface area contributed by atoms with Gasteiger partial charge in [-0.3, -0.25) is 0 Å². The van der Waals surface area contributed by atoms with Gasteiger partial charge >= 0.3 is 0 Å². The smallest absolute Gasteiger partial charge is 0.138 e. The molecule has 0 unspecified atom stereocenters. The van der Waals surface area contributed by atoms with Gasteiger partial charge in [-0.15, -0.1) is 0 Å². The first kappa shape index (κ1) is 14.0. The molecule has 1 heterocycles. The van der Waals surface area contributed by atoms with E-state index >= 15 is 0 Å². The molecule has 1 aromatic carbocycles. The van der Waals surface area contributed by atoms with E-state index in [-0.39, 0.29) is 6.10 Å². The van der Waals surface area contributed by atoms with E-state index in [2.05, 4.69) is 19.2 Å². The molecule has 0 saturated carbocycles. The maximum absolute atomic E-state index is 6.16. The average Bonchev–Trinajstić information content (AvgIpc) is 2.80. The lowest BCUT2D eigenvalue weighted by atomic mass is 9.92. The van der Waals surface area contributed by atoms with Gasteiger partial charge in [0.1, 0.15) is 11.9 Å². The van der Waals surface area contributed by atoms with Crippen molar-refractivity contribution >= 4 is 23.2 Å². The first-order valence-electron chi connectivity index (χ1n) is 6.40. The molecule has 0 spiro atoms. The Morgan fingerprint density at radius 2 is 2.11 bits per heavy atom. The van der Waals surface area contributed by atoms with Gasteiger partial charge in [-0.05, 0) is 37.1 Å². The first-order valence-corrected chi connectivity index (χ1v) is 7.16. The topological polar surface area (TPSA) is 21.3 Å². The third-order valence-corrected chi connectivity index (χ3v) is 3.91. The molecular weight excluding hydrogens is 269 g/mol. The van der Waals surface area contributed by atoms with Crippen LogP contribution in [0.4, 0.5) is 0 Å². The Kier molecular flexibility index (Phi) is 4.77. The van der Waals surface area contributed by atoms with Crippen molar-refractivity contribution in [2.75, 3.05) is 13.1 Å². The van der Waals surface area contributed by atoms with Crippen molar-refractivity contribution in [2.45, 2.75) is 26.4 Å². The van der Waals surface area contributed by atoms with E-state index in [1.54, 1.807) is 6.07 Å². The Morgan fingerprint density at radius 1 is 1.33 bits per heavy atom. The number of hydrogen-bond donors (Lipinski definition) is 1. The molecule has 2 nitrogen and oxygen atoms in total. The molecule has 1 aliphatic heterocycles. The zero-order valence-corrected chi connectivity index (χ0v) is 12.3. The van der Waals surface area contributed by atoms with Crippen LogP contribution in [0, 0.1) is 11.8 Å². The van der Waals surface area contributed by atoms with Crippen LogP contribution in [0.25, 0.3) is 0 Å². The number of halogens is 2. The first-order chi connectivity index (χ1) is 8.58. The van der Waals surface area contributed by atoms with Crippen molar-refractivity contribution in [3.05, 3.63) is 28.2 Å². The number of rotatable bonds is 4. The van der Waals surface area contributed by atoms with Gasteiger partial charge < -0.3 is 10.1 Å². The van der Waals surface area contributed by atoms with E-state index in [1.807, 2.05) is 12.1 Å². The van der Waals surface area contributed by atoms with Crippen molar-refractivity contribution in [3.8, 4) is 5.75 Å². The van der Waals surface area contributed by atoms with Gasteiger partial charge in [0.15, 0.2) is 0 Å². The van der Waals surface area contributed by atoms with Crippen LogP contribution in [0.15, 0.2) is 18.2 Å². The van der Waals surface area contributed by atoms with Crippen LogP contribution in [0.5, 0.6) is 5.75 Å². The highest BCUT2D eigenvalue weighted by Gasteiger charge is 2.29. The summed E-state index contributed by atoms with van der Waals surface area (Å²) in [5, 5.41) is 4.60. The van der Waals surface area contributed by atoms with E-state index in [1.165, 1.54) is 0 Å². The molecule has 0 aromatic heterocycles. The maximum Gasteiger partial charge on any atom is 0.138 e. The maximum atomic E-state index is 6.16. The van der Waals surface area contributed by atoms with E-state index < -0.39 is 0 Å². The summed E-state index contributed by atoms with van der Waals surface area (Å²) in [7, 11) is 0. The van der Waals surface area contributed by atoms with Crippen LogP contribution >= 0.6 is 23.2 Å². The predicted octanol–water partition coefficient (Wildman–Crippen LogP) is 4.01. The SMILES string of the molecule is CC(C)[C@@H](Oc1ccc(Cl)cc1Cl)[C@@H]1CCNC1. The van der Waals surface area contributed by atoms with E-state index in [0.29, 0.717) is 21.9 Å². The Labute approximate surface area is 119 Å². The Bertz CT molecular complexity index is 403. The van der Waals surface area contributed by atoms with Crippen molar-refractivity contribution in [1.82, 2.24) is 5.32 Å². The van der Waals surface area contributed by atoms with Crippen LogP contribution in [-0.2, 0) is 0 Å². The van der Waals surface area contributed by atoms with Crippen molar-refractivity contribution in [3.63, 3.8) is 0 Å². The summed E-state index contributed by atoms with van der Waals surface area (Å²) in [4.78, 5) is 0. The van der Waals surface area contributed by atoms with Crippen molar-refractivity contribution in [1.29, 1.82) is 0 Å². The van der Waals surface area contributed by atoms with Gasteiger partial charge in [0.05, 0.1) is 5.02 Å². The highest BCUT2D eigenvalue weighted by molar-refractivity contribution is 6.35. The Morgan fingerprint density at radius 3 is 2.67 bits per heavy atom. The van der Waals surface area contributed by atoms with Crippen molar-refractivity contribution in [2.24, 2.45) is 11.8 Å². The molecule has 0 bridgehead atoms. The molecule has 0 aliphatic carbocycles. The minimum atomic E-state index is 0.193. The molecule has 1 N–H and O–H groups in total. The van der Waals surface area contributed by atoms with Crippen LogP contribution in [-0.4, -0.2) is 19.2 Å². The lowest BCUT2D eigenvalue weighted by molar-refractivity contribution is 0.0974. The standard InChI is InChI=1S/C14H19Cl2NO/c1-9(2)14(10-5-6-17-8-10)18-13-4-3-11(15)7-12(13)16/h3-4,7,9-10,14,17H,5-6,8H2,1-2H3/t10-,14-/m1/s1. The summed E-state index contributed by atoms with van der Waals surface area (Å²) >= 11 is 12.1. The monoisotopic (exact) mass is 287 g/mol. The number of benzene rings is 1.